The third kappa shape index (κ3) is 3.78. The Labute approximate surface area is 142 Å². The normalized spacial score (nSPS) is 26.8. The Kier molecular flexibility index (Phi) is 4.92. The Morgan fingerprint density at radius 1 is 1.29 bits per heavy atom. The van der Waals surface area contributed by atoms with E-state index >= 15 is 0 Å². The summed E-state index contributed by atoms with van der Waals surface area (Å²) in [5.74, 6) is 1.49. The molecular weight excluding hydrogens is 308 g/mol. The zero-order valence-corrected chi connectivity index (χ0v) is 14.8. The molecule has 3 heterocycles. The molecule has 0 radical (unpaired) electrons. The van der Waals surface area contributed by atoms with Crippen LogP contribution in [0.3, 0.4) is 0 Å². The van der Waals surface area contributed by atoms with Crippen molar-refractivity contribution in [2.75, 3.05) is 19.7 Å². The van der Waals surface area contributed by atoms with Gasteiger partial charge in [0.1, 0.15) is 0 Å². The number of hydrogen-bond donors (Lipinski definition) is 1. The summed E-state index contributed by atoms with van der Waals surface area (Å²) >= 11 is 0. The fourth-order valence-electron chi connectivity index (χ4n) is 3.63. The van der Waals surface area contributed by atoms with Crippen molar-refractivity contribution >= 4 is 5.91 Å². The van der Waals surface area contributed by atoms with E-state index in [0.717, 1.165) is 38.2 Å². The minimum atomic E-state index is -0.222. The molecule has 1 amide bonds. The molecule has 7 heteroatoms. The van der Waals surface area contributed by atoms with Crippen molar-refractivity contribution in [1.29, 1.82) is 0 Å². The first-order valence-corrected chi connectivity index (χ1v) is 8.81. The topological polar surface area (TPSA) is 94.5 Å². The Balaban J connectivity index is 1.52. The number of carbonyl (C=O) groups is 1. The summed E-state index contributed by atoms with van der Waals surface area (Å²) in [7, 11) is 0. The van der Waals surface area contributed by atoms with Gasteiger partial charge in [0, 0.05) is 12.0 Å². The lowest BCUT2D eigenvalue weighted by atomic mass is 9.84. The Morgan fingerprint density at radius 3 is 2.58 bits per heavy atom. The second-order valence-corrected chi connectivity index (χ2v) is 8.01. The number of ether oxygens (including phenoxy) is 1. The summed E-state index contributed by atoms with van der Waals surface area (Å²) in [4.78, 5) is 18.4. The van der Waals surface area contributed by atoms with E-state index in [0.29, 0.717) is 25.0 Å². The molecule has 1 aromatic heterocycles. The van der Waals surface area contributed by atoms with Crippen LogP contribution in [0.4, 0.5) is 0 Å². The van der Waals surface area contributed by atoms with Crippen LogP contribution in [0.2, 0.25) is 0 Å². The van der Waals surface area contributed by atoms with E-state index < -0.39 is 0 Å². The van der Waals surface area contributed by atoms with Gasteiger partial charge in [-0.15, -0.1) is 0 Å². The molecule has 134 valence electrons. The highest BCUT2D eigenvalue weighted by atomic mass is 16.5. The number of rotatable bonds is 4. The number of nitrogens with two attached hydrogens (primary N) is 1. The van der Waals surface area contributed by atoms with Crippen LogP contribution >= 0.6 is 0 Å². The van der Waals surface area contributed by atoms with Crippen LogP contribution in [0.5, 0.6) is 0 Å². The third-order valence-corrected chi connectivity index (χ3v) is 5.10. The number of piperidine rings is 1. The lowest BCUT2D eigenvalue weighted by molar-refractivity contribution is -0.124. The number of hydrogen-bond acceptors (Lipinski definition) is 6. The molecule has 0 spiro atoms. The van der Waals surface area contributed by atoms with Crippen LogP contribution in [-0.4, -0.2) is 46.7 Å². The van der Waals surface area contributed by atoms with Crippen LogP contribution in [0.1, 0.15) is 51.7 Å². The van der Waals surface area contributed by atoms with E-state index in [1.54, 1.807) is 0 Å². The van der Waals surface area contributed by atoms with Crippen molar-refractivity contribution in [1.82, 2.24) is 15.0 Å². The van der Waals surface area contributed by atoms with E-state index in [1.807, 2.05) is 0 Å². The zero-order valence-electron chi connectivity index (χ0n) is 14.8. The van der Waals surface area contributed by atoms with Crippen LogP contribution in [0, 0.1) is 11.8 Å². The molecule has 0 aliphatic carbocycles. The predicted molar refractivity (Wildman–Crippen MR) is 88.0 cm³/mol. The van der Waals surface area contributed by atoms with Crippen LogP contribution in [0.25, 0.3) is 0 Å². The number of amides is 1. The number of likely N-dealkylation sites (tertiary alicyclic amines) is 1. The molecule has 2 saturated heterocycles. The summed E-state index contributed by atoms with van der Waals surface area (Å²) in [6, 6.07) is 0. The molecule has 2 fully saturated rings. The minimum absolute atomic E-state index is 0.000507. The van der Waals surface area contributed by atoms with E-state index in [4.69, 9.17) is 15.0 Å². The van der Waals surface area contributed by atoms with Crippen molar-refractivity contribution in [3.63, 3.8) is 0 Å². The third-order valence-electron chi connectivity index (χ3n) is 5.10. The minimum Gasteiger partial charge on any atom is -0.377 e. The molecule has 2 aliphatic rings. The van der Waals surface area contributed by atoms with Gasteiger partial charge in [-0.05, 0) is 38.3 Å². The number of carbonyl (C=O) groups excluding carboxylic acids is 1. The van der Waals surface area contributed by atoms with Gasteiger partial charge in [-0.1, -0.05) is 25.9 Å². The number of primary amides is 1. The highest BCUT2D eigenvalue weighted by Crippen LogP contribution is 2.33. The molecule has 2 aliphatic heterocycles. The molecule has 0 unspecified atom stereocenters. The molecule has 2 N–H and O–H groups in total. The molecule has 0 saturated carbocycles. The van der Waals surface area contributed by atoms with Crippen LogP contribution in [0.15, 0.2) is 4.52 Å². The van der Waals surface area contributed by atoms with Crippen molar-refractivity contribution in [2.24, 2.45) is 17.6 Å². The molecule has 0 bridgehead atoms. The first-order valence-electron chi connectivity index (χ1n) is 8.81. The molecular formula is C17H28N4O3. The van der Waals surface area contributed by atoms with Crippen molar-refractivity contribution < 1.29 is 14.1 Å². The van der Waals surface area contributed by atoms with Crippen molar-refractivity contribution in [2.45, 2.75) is 58.1 Å². The Hall–Kier alpha value is -1.47. The van der Waals surface area contributed by atoms with Gasteiger partial charge < -0.3 is 15.0 Å². The fraction of sp³-hybridized carbons (Fsp3) is 0.824. The highest BCUT2D eigenvalue weighted by molar-refractivity contribution is 5.77. The molecule has 7 nitrogen and oxygen atoms in total. The van der Waals surface area contributed by atoms with Crippen molar-refractivity contribution in [3.05, 3.63) is 11.7 Å². The maximum absolute atomic E-state index is 11.5. The molecule has 24 heavy (non-hydrogen) atoms. The van der Waals surface area contributed by atoms with Gasteiger partial charge in [0.05, 0.1) is 18.6 Å². The summed E-state index contributed by atoms with van der Waals surface area (Å²) in [6.07, 6.45) is 2.78. The summed E-state index contributed by atoms with van der Waals surface area (Å²) in [5, 5.41) is 4.08. The van der Waals surface area contributed by atoms with Gasteiger partial charge >= 0.3 is 0 Å². The fourth-order valence-corrected chi connectivity index (χ4v) is 3.63. The predicted octanol–water partition coefficient (Wildman–Crippen LogP) is 1.47. The van der Waals surface area contributed by atoms with Crippen LogP contribution < -0.4 is 5.73 Å². The maximum atomic E-state index is 11.5. The number of nitrogens with zero attached hydrogens (tertiary/aromatic N) is 3. The lowest BCUT2D eigenvalue weighted by Gasteiger charge is -2.35. The van der Waals surface area contributed by atoms with E-state index in [-0.39, 0.29) is 23.3 Å². The second-order valence-electron chi connectivity index (χ2n) is 8.01. The van der Waals surface area contributed by atoms with Gasteiger partial charge in [-0.25, -0.2) is 0 Å². The summed E-state index contributed by atoms with van der Waals surface area (Å²) in [6.45, 7) is 9.45. The van der Waals surface area contributed by atoms with E-state index in [1.165, 1.54) is 0 Å². The molecule has 3 rings (SSSR count). The Morgan fingerprint density at radius 2 is 2.00 bits per heavy atom. The van der Waals surface area contributed by atoms with Gasteiger partial charge in [-0.2, -0.15) is 4.98 Å². The quantitative estimate of drug-likeness (QED) is 0.895. The highest BCUT2D eigenvalue weighted by Gasteiger charge is 2.39. The maximum Gasteiger partial charge on any atom is 0.240 e. The van der Waals surface area contributed by atoms with Crippen molar-refractivity contribution in [3.8, 4) is 0 Å². The summed E-state index contributed by atoms with van der Waals surface area (Å²) in [5.41, 5.74) is 5.41. The van der Waals surface area contributed by atoms with E-state index in [2.05, 4.69) is 35.8 Å². The van der Waals surface area contributed by atoms with Crippen LogP contribution in [-0.2, 0) is 21.5 Å². The van der Waals surface area contributed by atoms with Gasteiger partial charge in [0.15, 0.2) is 5.82 Å². The van der Waals surface area contributed by atoms with E-state index in [9.17, 15) is 4.79 Å². The molecule has 1 aromatic rings. The first-order chi connectivity index (χ1) is 11.3. The second kappa shape index (κ2) is 6.80. The Bertz CT molecular complexity index is 573. The average Bonchev–Trinajstić information content (AvgIpc) is 3.16. The molecule has 0 aromatic carbocycles. The first kappa shape index (κ1) is 17.4. The zero-order chi connectivity index (χ0) is 17.3. The van der Waals surface area contributed by atoms with Gasteiger partial charge in [-0.3, -0.25) is 9.69 Å². The molecule has 2 atom stereocenters. The number of aromatic nitrogens is 2. The SMILES string of the molecule is CC(C)(C)c1noc(CN2CCC([C@H]3OCC[C@@H]3C(N)=O)CC2)n1. The van der Waals surface area contributed by atoms with Gasteiger partial charge in [0.25, 0.3) is 0 Å². The lowest BCUT2D eigenvalue weighted by Crippen LogP contribution is -2.41. The largest absolute Gasteiger partial charge is 0.377 e. The smallest absolute Gasteiger partial charge is 0.240 e. The summed E-state index contributed by atoms with van der Waals surface area (Å²) < 4.78 is 11.2. The van der Waals surface area contributed by atoms with Gasteiger partial charge in [0.2, 0.25) is 11.8 Å². The average molecular weight is 336 g/mol. The standard InChI is InChI=1S/C17H28N4O3/c1-17(2,3)16-19-13(24-20-16)10-21-7-4-11(5-8-21)14-12(15(18)22)6-9-23-14/h11-12,14H,4-10H2,1-3H3,(H2,18,22)/t12-,14+/m0/s1. The monoisotopic (exact) mass is 336 g/mol.